The first-order valence-electron chi connectivity index (χ1n) is 7.30. The van der Waals surface area contributed by atoms with E-state index in [2.05, 4.69) is 33.1 Å². The Morgan fingerprint density at radius 1 is 1.21 bits per heavy atom. The summed E-state index contributed by atoms with van der Waals surface area (Å²) in [7, 11) is 0. The number of para-hydroxylation sites is 1. The molecule has 0 saturated carbocycles. The van der Waals surface area contributed by atoms with Gasteiger partial charge in [-0.2, -0.15) is 0 Å². The lowest BCUT2D eigenvalue weighted by molar-refractivity contribution is -0.121. The molecule has 0 aliphatic carbocycles. The van der Waals surface area contributed by atoms with Gasteiger partial charge in [-0.05, 0) is 40.2 Å². The van der Waals surface area contributed by atoms with Crippen molar-refractivity contribution in [3.05, 3.63) is 63.8 Å². The highest BCUT2D eigenvalue weighted by Gasteiger charge is 2.14. The third-order valence-corrected chi connectivity index (χ3v) is 4.66. The fourth-order valence-electron chi connectivity index (χ4n) is 2.08. The number of anilines is 1. The number of carbonyl (C=O) groups is 2. The van der Waals surface area contributed by atoms with E-state index in [0.717, 1.165) is 8.66 Å². The molecule has 1 aromatic heterocycles. The van der Waals surface area contributed by atoms with Crippen molar-refractivity contribution in [2.24, 2.45) is 0 Å². The predicted molar refractivity (Wildman–Crippen MR) is 101 cm³/mol. The predicted octanol–water partition coefficient (Wildman–Crippen LogP) is 3.85. The Labute approximate surface area is 153 Å². The van der Waals surface area contributed by atoms with Crippen LogP contribution < -0.4 is 10.6 Å². The first kappa shape index (κ1) is 18.4. The highest BCUT2D eigenvalue weighted by atomic mass is 79.9. The van der Waals surface area contributed by atoms with Gasteiger partial charge in [-0.25, -0.2) is 4.79 Å². The number of hydrogen-bond acceptors (Lipinski definition) is 4. The van der Waals surface area contributed by atoms with Gasteiger partial charge >= 0.3 is 6.03 Å². The molecule has 126 valence electrons. The number of nitrogens with zero attached hydrogens (tertiary/aromatic N) is 1. The molecule has 24 heavy (non-hydrogen) atoms. The molecule has 2 N–H and O–H groups in total. The van der Waals surface area contributed by atoms with Gasteiger partial charge in [0.15, 0.2) is 0 Å². The Kier molecular flexibility index (Phi) is 7.17. The summed E-state index contributed by atoms with van der Waals surface area (Å²) in [5.41, 5.74) is 0.634. The van der Waals surface area contributed by atoms with E-state index in [4.69, 9.17) is 0 Å². The van der Waals surface area contributed by atoms with Crippen molar-refractivity contribution in [1.82, 2.24) is 10.2 Å². The van der Waals surface area contributed by atoms with Crippen molar-refractivity contribution in [1.29, 1.82) is 0 Å². The first-order valence-corrected chi connectivity index (χ1v) is 8.91. The fourth-order valence-corrected chi connectivity index (χ4v) is 3.60. The van der Waals surface area contributed by atoms with Crippen LogP contribution in [-0.4, -0.2) is 29.9 Å². The summed E-state index contributed by atoms with van der Waals surface area (Å²) in [5, 5.41) is 4.95. The molecule has 0 atom stereocenters. The van der Waals surface area contributed by atoms with Gasteiger partial charge in [-0.15, -0.1) is 17.9 Å². The topological polar surface area (TPSA) is 61.4 Å². The lowest BCUT2D eigenvalue weighted by Gasteiger charge is -2.19. The molecule has 0 radical (unpaired) electrons. The van der Waals surface area contributed by atoms with Crippen molar-refractivity contribution < 1.29 is 9.59 Å². The van der Waals surface area contributed by atoms with Gasteiger partial charge < -0.3 is 5.32 Å². The van der Waals surface area contributed by atoms with E-state index in [1.165, 1.54) is 0 Å². The van der Waals surface area contributed by atoms with Gasteiger partial charge in [-0.1, -0.05) is 24.3 Å². The average Bonchev–Trinajstić information content (AvgIpc) is 2.93. The van der Waals surface area contributed by atoms with Crippen LogP contribution in [-0.2, 0) is 11.3 Å². The number of carbonyl (C=O) groups excluding carboxylic acids is 2. The third-order valence-electron chi connectivity index (χ3n) is 3.05. The van der Waals surface area contributed by atoms with Crippen LogP contribution >= 0.6 is 27.3 Å². The normalized spacial score (nSPS) is 10.4. The quantitative estimate of drug-likeness (QED) is 0.685. The second kappa shape index (κ2) is 9.36. The van der Waals surface area contributed by atoms with E-state index in [9.17, 15) is 9.59 Å². The van der Waals surface area contributed by atoms with Crippen LogP contribution in [0.3, 0.4) is 0 Å². The number of benzene rings is 1. The second-order valence-electron chi connectivity index (χ2n) is 5.03. The summed E-state index contributed by atoms with van der Waals surface area (Å²) < 4.78 is 1.04. The minimum atomic E-state index is -0.538. The van der Waals surface area contributed by atoms with Crippen LogP contribution in [0, 0.1) is 0 Å². The number of amides is 3. The second-order valence-corrected chi connectivity index (χ2v) is 7.58. The standard InChI is InChI=1S/C17H18BrN3O2S/c1-2-10-21(11-14-8-9-15(18)24-14)12-16(22)20-17(23)19-13-6-4-3-5-7-13/h2-9H,1,10-12H2,(H2,19,20,22,23). The SMILES string of the molecule is C=CCN(CC(=O)NC(=O)Nc1ccccc1)Cc1ccc(Br)s1. The Balaban J connectivity index is 1.85. The Morgan fingerprint density at radius 2 is 1.96 bits per heavy atom. The van der Waals surface area contributed by atoms with E-state index in [-0.39, 0.29) is 12.5 Å². The number of imide groups is 1. The van der Waals surface area contributed by atoms with Gasteiger partial charge in [0.05, 0.1) is 10.3 Å². The molecule has 1 heterocycles. The zero-order valence-electron chi connectivity index (χ0n) is 13.0. The van der Waals surface area contributed by atoms with E-state index in [0.29, 0.717) is 18.8 Å². The summed E-state index contributed by atoms with van der Waals surface area (Å²) >= 11 is 5.04. The van der Waals surface area contributed by atoms with Crippen LogP contribution in [0.4, 0.5) is 10.5 Å². The summed E-state index contributed by atoms with van der Waals surface area (Å²) in [4.78, 5) is 27.0. The van der Waals surface area contributed by atoms with Crippen molar-refractivity contribution >= 4 is 44.9 Å². The molecule has 2 aromatic rings. The van der Waals surface area contributed by atoms with Gasteiger partial charge in [-0.3, -0.25) is 15.0 Å². The highest BCUT2D eigenvalue weighted by Crippen LogP contribution is 2.23. The number of urea groups is 1. The van der Waals surface area contributed by atoms with Crippen molar-refractivity contribution in [2.45, 2.75) is 6.54 Å². The number of nitrogens with one attached hydrogen (secondary N) is 2. The lowest BCUT2D eigenvalue weighted by Crippen LogP contribution is -2.41. The van der Waals surface area contributed by atoms with Crippen molar-refractivity contribution in [3.63, 3.8) is 0 Å². The van der Waals surface area contributed by atoms with Crippen LogP contribution in [0.2, 0.25) is 0 Å². The third kappa shape index (κ3) is 6.27. The van der Waals surface area contributed by atoms with E-state index >= 15 is 0 Å². The number of rotatable bonds is 7. The minimum absolute atomic E-state index is 0.115. The molecule has 0 spiro atoms. The smallest absolute Gasteiger partial charge is 0.308 e. The van der Waals surface area contributed by atoms with Crippen molar-refractivity contribution in [3.8, 4) is 0 Å². The molecule has 0 bridgehead atoms. The highest BCUT2D eigenvalue weighted by molar-refractivity contribution is 9.11. The first-order chi connectivity index (χ1) is 11.6. The molecular formula is C17H18BrN3O2S. The molecule has 7 heteroatoms. The van der Waals surface area contributed by atoms with E-state index in [1.54, 1.807) is 29.5 Å². The summed E-state index contributed by atoms with van der Waals surface area (Å²) in [6.45, 7) is 5.01. The molecule has 0 aliphatic rings. The monoisotopic (exact) mass is 407 g/mol. The maximum absolute atomic E-state index is 12.1. The van der Waals surface area contributed by atoms with Gasteiger partial charge in [0.1, 0.15) is 0 Å². The summed E-state index contributed by atoms with van der Waals surface area (Å²) in [6.07, 6.45) is 1.74. The molecule has 0 unspecified atom stereocenters. The Bertz CT molecular complexity index is 703. The Hall–Kier alpha value is -1.96. The molecule has 0 fully saturated rings. The van der Waals surface area contributed by atoms with Crippen molar-refractivity contribution in [2.75, 3.05) is 18.4 Å². The van der Waals surface area contributed by atoms with E-state index in [1.807, 2.05) is 35.2 Å². The largest absolute Gasteiger partial charge is 0.325 e. The lowest BCUT2D eigenvalue weighted by atomic mass is 10.3. The average molecular weight is 408 g/mol. The van der Waals surface area contributed by atoms with Crippen LogP contribution in [0.1, 0.15) is 4.88 Å². The number of thiophene rings is 1. The number of halogens is 1. The van der Waals surface area contributed by atoms with Crippen LogP contribution in [0.25, 0.3) is 0 Å². The molecule has 3 amide bonds. The zero-order chi connectivity index (χ0) is 17.4. The van der Waals surface area contributed by atoms with Gasteiger partial charge in [0.25, 0.3) is 0 Å². The molecule has 0 aliphatic heterocycles. The van der Waals surface area contributed by atoms with Gasteiger partial charge in [0.2, 0.25) is 5.91 Å². The molecule has 1 aromatic carbocycles. The molecular weight excluding hydrogens is 390 g/mol. The molecule has 0 saturated heterocycles. The molecule has 5 nitrogen and oxygen atoms in total. The molecule has 2 rings (SSSR count). The minimum Gasteiger partial charge on any atom is -0.308 e. The number of hydrogen-bond donors (Lipinski definition) is 2. The summed E-state index contributed by atoms with van der Waals surface area (Å²) in [6, 6.07) is 12.4. The van der Waals surface area contributed by atoms with Crippen LogP contribution in [0.5, 0.6) is 0 Å². The summed E-state index contributed by atoms with van der Waals surface area (Å²) in [5.74, 6) is -0.360. The zero-order valence-corrected chi connectivity index (χ0v) is 15.4. The van der Waals surface area contributed by atoms with Crippen LogP contribution in [0.15, 0.2) is 58.9 Å². The maximum Gasteiger partial charge on any atom is 0.325 e. The van der Waals surface area contributed by atoms with Gasteiger partial charge in [0, 0.05) is 23.7 Å². The maximum atomic E-state index is 12.1. The Morgan fingerprint density at radius 3 is 2.58 bits per heavy atom. The fraction of sp³-hybridized carbons (Fsp3) is 0.176. The van der Waals surface area contributed by atoms with E-state index < -0.39 is 6.03 Å².